The van der Waals surface area contributed by atoms with Crippen LogP contribution in [-0.4, -0.2) is 50.2 Å². The highest BCUT2D eigenvalue weighted by Gasteiger charge is 2.27. The maximum Gasteiger partial charge on any atom is 0.215 e. The lowest BCUT2D eigenvalue weighted by atomic mass is 10.2. The molecule has 0 amide bonds. The second kappa shape index (κ2) is 5.44. The Labute approximate surface area is 109 Å². The predicted molar refractivity (Wildman–Crippen MR) is 74.1 cm³/mol. The largest absolute Gasteiger partial charge is 0.481 e. The van der Waals surface area contributed by atoms with E-state index in [1.807, 2.05) is 6.07 Å². The Hall–Kier alpha value is -1.49. The van der Waals surface area contributed by atoms with Crippen LogP contribution in [0.25, 0.3) is 0 Å². The van der Waals surface area contributed by atoms with Crippen LogP contribution in [-0.2, 0) is 0 Å². The first-order valence-corrected chi connectivity index (χ1v) is 6.33. The zero-order valence-corrected chi connectivity index (χ0v) is 11.4. The first-order chi connectivity index (χ1) is 8.61. The molecular formula is C13H22N4O. The average molecular weight is 250 g/mol. The molecule has 1 aromatic rings. The van der Waals surface area contributed by atoms with Crippen LogP contribution in [0.2, 0.25) is 0 Å². The van der Waals surface area contributed by atoms with Gasteiger partial charge < -0.3 is 20.3 Å². The van der Waals surface area contributed by atoms with E-state index in [9.17, 15) is 0 Å². The van der Waals surface area contributed by atoms with Crippen molar-refractivity contribution in [2.75, 3.05) is 44.9 Å². The molecule has 0 radical (unpaired) electrons. The van der Waals surface area contributed by atoms with Gasteiger partial charge in [-0.3, -0.25) is 0 Å². The number of nitrogen functional groups attached to an aromatic ring is 1. The van der Waals surface area contributed by atoms with Crippen molar-refractivity contribution in [3.8, 4) is 5.88 Å². The molecule has 1 aliphatic rings. The summed E-state index contributed by atoms with van der Waals surface area (Å²) in [5.74, 6) is 1.48. The molecule has 5 nitrogen and oxygen atoms in total. The van der Waals surface area contributed by atoms with Gasteiger partial charge in [0.05, 0.1) is 12.8 Å². The molecular weight excluding hydrogens is 228 g/mol. The molecule has 0 spiro atoms. The summed E-state index contributed by atoms with van der Waals surface area (Å²) in [6, 6.07) is 4.16. The van der Waals surface area contributed by atoms with E-state index in [4.69, 9.17) is 10.5 Å². The molecule has 1 aliphatic heterocycles. The predicted octanol–water partition coefficient (Wildman–Crippen LogP) is 1.20. The van der Waals surface area contributed by atoms with Crippen molar-refractivity contribution in [3.63, 3.8) is 0 Å². The summed E-state index contributed by atoms with van der Waals surface area (Å²) >= 11 is 0. The summed E-state index contributed by atoms with van der Waals surface area (Å²) in [5, 5.41) is 0. The minimum absolute atomic E-state index is 0.488. The summed E-state index contributed by atoms with van der Waals surface area (Å²) < 4.78 is 5.18. The average Bonchev–Trinajstić information content (AvgIpc) is 2.77. The molecule has 2 rings (SSSR count). The third-order valence-electron chi connectivity index (χ3n) is 3.31. The quantitative estimate of drug-likeness (QED) is 0.870. The highest BCUT2D eigenvalue weighted by Crippen LogP contribution is 2.30. The molecule has 1 aromatic heterocycles. The lowest BCUT2D eigenvalue weighted by molar-refractivity contribution is 0.370. The normalized spacial score (nSPS) is 19.6. The first-order valence-electron chi connectivity index (χ1n) is 6.33. The molecule has 1 unspecified atom stereocenters. The number of nitrogens with two attached hydrogens (primary N) is 1. The second-order valence-corrected chi connectivity index (χ2v) is 5.02. The van der Waals surface area contributed by atoms with Crippen LogP contribution >= 0.6 is 0 Å². The van der Waals surface area contributed by atoms with E-state index < -0.39 is 0 Å². The van der Waals surface area contributed by atoms with Crippen molar-refractivity contribution < 1.29 is 4.74 Å². The van der Waals surface area contributed by atoms with Crippen LogP contribution in [0, 0.1) is 0 Å². The Morgan fingerprint density at radius 3 is 2.94 bits per heavy atom. The number of pyridine rings is 1. The lowest BCUT2D eigenvalue weighted by Gasteiger charge is -2.29. The summed E-state index contributed by atoms with van der Waals surface area (Å²) in [7, 11) is 5.82. The highest BCUT2D eigenvalue weighted by atomic mass is 16.5. The van der Waals surface area contributed by atoms with Crippen molar-refractivity contribution in [3.05, 3.63) is 12.1 Å². The van der Waals surface area contributed by atoms with Crippen LogP contribution < -0.4 is 15.4 Å². The maximum absolute atomic E-state index is 6.04. The van der Waals surface area contributed by atoms with Gasteiger partial charge in [-0.05, 0) is 33.0 Å². The smallest absolute Gasteiger partial charge is 0.215 e. The molecule has 0 bridgehead atoms. The van der Waals surface area contributed by atoms with Gasteiger partial charge in [-0.15, -0.1) is 0 Å². The van der Waals surface area contributed by atoms with Crippen molar-refractivity contribution in [1.82, 2.24) is 9.88 Å². The highest BCUT2D eigenvalue weighted by molar-refractivity contribution is 5.64. The zero-order valence-electron chi connectivity index (χ0n) is 11.4. The third kappa shape index (κ3) is 2.67. The zero-order chi connectivity index (χ0) is 13.1. The third-order valence-corrected chi connectivity index (χ3v) is 3.31. The van der Waals surface area contributed by atoms with E-state index in [-0.39, 0.29) is 0 Å². The number of hydrogen-bond acceptors (Lipinski definition) is 5. The van der Waals surface area contributed by atoms with Gasteiger partial charge in [-0.2, -0.15) is 4.98 Å². The molecule has 2 N–H and O–H groups in total. The van der Waals surface area contributed by atoms with E-state index in [0.717, 1.165) is 24.6 Å². The summed E-state index contributed by atoms with van der Waals surface area (Å²) in [6.07, 6.45) is 2.38. The van der Waals surface area contributed by atoms with Gasteiger partial charge in [-0.25, -0.2) is 0 Å². The molecule has 0 aromatic carbocycles. The van der Waals surface area contributed by atoms with Crippen LogP contribution in [0.15, 0.2) is 12.1 Å². The molecule has 100 valence electrons. The van der Waals surface area contributed by atoms with Crippen LogP contribution in [0.3, 0.4) is 0 Å². The lowest BCUT2D eigenvalue weighted by Crippen LogP contribution is -2.38. The number of anilines is 2. The van der Waals surface area contributed by atoms with Gasteiger partial charge in [0.15, 0.2) is 5.82 Å². The number of methoxy groups -OCH3 is 1. The van der Waals surface area contributed by atoms with E-state index in [1.54, 1.807) is 13.2 Å². The van der Waals surface area contributed by atoms with E-state index in [1.165, 1.54) is 12.8 Å². The van der Waals surface area contributed by atoms with E-state index in [2.05, 4.69) is 28.9 Å². The molecule has 1 saturated heterocycles. The minimum atomic E-state index is 0.488. The van der Waals surface area contributed by atoms with Gasteiger partial charge in [0.25, 0.3) is 0 Å². The number of hydrogen-bond donors (Lipinski definition) is 1. The van der Waals surface area contributed by atoms with Crippen LogP contribution in [0.4, 0.5) is 11.5 Å². The summed E-state index contributed by atoms with van der Waals surface area (Å²) in [5.41, 5.74) is 6.77. The Kier molecular flexibility index (Phi) is 3.91. The van der Waals surface area contributed by atoms with Gasteiger partial charge in [0.1, 0.15) is 0 Å². The Morgan fingerprint density at radius 2 is 2.28 bits per heavy atom. The van der Waals surface area contributed by atoms with Crippen molar-refractivity contribution in [2.45, 2.75) is 18.9 Å². The van der Waals surface area contributed by atoms with Gasteiger partial charge in [0, 0.05) is 25.2 Å². The van der Waals surface area contributed by atoms with Gasteiger partial charge >= 0.3 is 0 Å². The second-order valence-electron chi connectivity index (χ2n) is 5.02. The monoisotopic (exact) mass is 250 g/mol. The molecule has 0 saturated carbocycles. The molecule has 1 fully saturated rings. The van der Waals surface area contributed by atoms with E-state index in [0.29, 0.717) is 11.9 Å². The molecule has 2 heterocycles. The Morgan fingerprint density at radius 1 is 1.50 bits per heavy atom. The topological polar surface area (TPSA) is 54.6 Å². The molecule has 18 heavy (non-hydrogen) atoms. The number of nitrogens with zero attached hydrogens (tertiary/aromatic N) is 3. The number of rotatable bonds is 4. The fourth-order valence-corrected chi connectivity index (χ4v) is 2.51. The minimum Gasteiger partial charge on any atom is -0.481 e. The molecule has 5 heteroatoms. The summed E-state index contributed by atoms with van der Waals surface area (Å²) in [4.78, 5) is 9.00. The summed E-state index contributed by atoms with van der Waals surface area (Å²) in [6.45, 7) is 2.04. The Bertz CT molecular complexity index is 408. The van der Waals surface area contributed by atoms with Gasteiger partial charge in [-0.1, -0.05) is 0 Å². The fourth-order valence-electron chi connectivity index (χ4n) is 2.51. The number of likely N-dealkylation sites (N-methyl/N-ethyl adjacent to an activating group) is 1. The maximum atomic E-state index is 6.04. The Balaban J connectivity index is 2.23. The number of ether oxygens (including phenoxy) is 1. The van der Waals surface area contributed by atoms with Crippen molar-refractivity contribution >= 4 is 11.5 Å². The number of aromatic nitrogens is 1. The van der Waals surface area contributed by atoms with Crippen molar-refractivity contribution in [1.29, 1.82) is 0 Å². The van der Waals surface area contributed by atoms with Crippen LogP contribution in [0.5, 0.6) is 5.88 Å². The fraction of sp³-hybridized carbons (Fsp3) is 0.615. The molecule has 1 atom stereocenters. The first kappa shape index (κ1) is 13.0. The van der Waals surface area contributed by atoms with Crippen LogP contribution in [0.1, 0.15) is 12.8 Å². The standard InChI is InChI=1S/C13H22N4O/c1-16(2)9-10-5-4-8-17(10)13-11(14)6-7-12(15-13)18-3/h6-7,10H,4-5,8-9,14H2,1-3H3. The van der Waals surface area contributed by atoms with Gasteiger partial charge in [0.2, 0.25) is 5.88 Å². The van der Waals surface area contributed by atoms with E-state index >= 15 is 0 Å². The molecule has 0 aliphatic carbocycles. The van der Waals surface area contributed by atoms with Crippen molar-refractivity contribution in [2.24, 2.45) is 0 Å². The SMILES string of the molecule is COc1ccc(N)c(N2CCCC2CN(C)C)n1.